The minimum atomic E-state index is -1.09. The number of likely N-dealkylation sites (tertiary alicyclic amines) is 1. The van der Waals surface area contributed by atoms with Crippen LogP contribution in [0.2, 0.25) is 0 Å². The Morgan fingerprint density at radius 3 is 1.99 bits per heavy atom. The fraction of sp³-hybridized carbons (Fsp3) is 0.590. The number of carbonyl (C=O) groups excluding carboxylic acids is 10. The molecule has 592 valence electrons. The molecule has 29 heteroatoms. The zero-order valence-electron chi connectivity index (χ0n) is 64.8. The highest BCUT2D eigenvalue weighted by Crippen LogP contribution is 2.32. The van der Waals surface area contributed by atoms with Gasteiger partial charge in [-0.2, -0.15) is 12.6 Å². The van der Waals surface area contributed by atoms with Crippen LogP contribution in [0.15, 0.2) is 84.9 Å². The lowest BCUT2D eigenvalue weighted by Gasteiger charge is -2.41. The minimum Gasteiger partial charge on any atom is -0.494 e. The SMILES string of the molecule is CCC(C)C(C(CC(=O)N1CCCC1C(OC)C(C)C(=O)NC(Cc1ccccc1)C(=O)OC)OC)N(C)C(=O)C(NC(=O)C(C(C)C)N(C)Cc1cccc(NC(=O)OCc2ccc(NC(=O)C(CCCNC(N)=O)NC(=O)C(CC(C)C)NC(=O)CCCCCn3c(O)cc(CS)c3O)cc2)c1)C(C)C. The maximum atomic E-state index is 14.9. The molecule has 1 saturated heterocycles. The maximum absolute atomic E-state index is 14.9. The number of carbonyl (C=O) groups is 10. The fourth-order valence-corrected chi connectivity index (χ4v) is 14.0. The summed E-state index contributed by atoms with van der Waals surface area (Å²) in [6.45, 7) is 18.1. The molecule has 0 saturated carbocycles. The van der Waals surface area contributed by atoms with E-state index in [1.54, 1.807) is 66.2 Å². The summed E-state index contributed by atoms with van der Waals surface area (Å²) in [7, 11) is 7.78. The third-order valence-corrected chi connectivity index (χ3v) is 20.0. The van der Waals surface area contributed by atoms with E-state index in [0.717, 1.165) is 11.1 Å². The molecule has 107 heavy (non-hydrogen) atoms. The van der Waals surface area contributed by atoms with E-state index in [1.165, 1.54) is 32.0 Å². The van der Waals surface area contributed by atoms with Gasteiger partial charge >= 0.3 is 18.1 Å². The molecule has 1 aromatic heterocycles. The number of unbranched alkanes of at least 4 members (excludes halogenated alkanes) is 2. The molecule has 0 spiro atoms. The number of benzene rings is 3. The lowest BCUT2D eigenvalue weighted by molar-refractivity contribution is -0.149. The van der Waals surface area contributed by atoms with Gasteiger partial charge in [-0.05, 0) is 117 Å². The second kappa shape index (κ2) is 44.4. The van der Waals surface area contributed by atoms with Crippen molar-refractivity contribution in [1.29, 1.82) is 0 Å². The lowest BCUT2D eigenvalue weighted by Crippen LogP contribution is -2.60. The highest BCUT2D eigenvalue weighted by atomic mass is 32.1. The molecule has 11 unspecified atom stereocenters. The normalized spacial score (nSPS) is 15.7. The van der Waals surface area contributed by atoms with Crippen LogP contribution in [0.1, 0.15) is 155 Å². The van der Waals surface area contributed by atoms with Crippen LogP contribution in [0.5, 0.6) is 11.8 Å². The van der Waals surface area contributed by atoms with Gasteiger partial charge in [-0.1, -0.05) is 130 Å². The molecule has 11 atom stereocenters. The van der Waals surface area contributed by atoms with Crippen molar-refractivity contribution in [2.24, 2.45) is 35.3 Å². The van der Waals surface area contributed by atoms with Crippen LogP contribution in [0, 0.1) is 29.6 Å². The molecular formula is C78H118N12O16S. The van der Waals surface area contributed by atoms with Crippen molar-refractivity contribution >= 4 is 83.4 Å². The van der Waals surface area contributed by atoms with Crippen LogP contribution in [0.4, 0.5) is 21.0 Å². The number of nitrogens with one attached hydrogen (secondary N) is 7. The molecule has 3 aromatic carbocycles. The van der Waals surface area contributed by atoms with Crippen molar-refractivity contribution in [2.45, 2.75) is 219 Å². The Hall–Kier alpha value is -8.93. The van der Waals surface area contributed by atoms with Gasteiger partial charge in [0.15, 0.2) is 11.8 Å². The first-order chi connectivity index (χ1) is 50.9. The number of esters is 1. The lowest BCUT2D eigenvalue weighted by atomic mass is 9.89. The van der Waals surface area contributed by atoms with Gasteiger partial charge in [-0.15, -0.1) is 0 Å². The third kappa shape index (κ3) is 27.4. The van der Waals surface area contributed by atoms with Crippen molar-refractivity contribution in [1.82, 2.24) is 45.9 Å². The Morgan fingerprint density at radius 2 is 1.38 bits per heavy atom. The van der Waals surface area contributed by atoms with Gasteiger partial charge in [0.25, 0.3) is 0 Å². The number of urea groups is 1. The molecule has 0 radical (unpaired) electrons. The summed E-state index contributed by atoms with van der Waals surface area (Å²) in [6, 6.07) is 17.9. The Balaban J connectivity index is 1.16. The van der Waals surface area contributed by atoms with Crippen LogP contribution < -0.4 is 43.0 Å². The predicted molar refractivity (Wildman–Crippen MR) is 411 cm³/mol. The highest BCUT2D eigenvalue weighted by molar-refractivity contribution is 7.79. The van der Waals surface area contributed by atoms with E-state index in [-0.39, 0.29) is 123 Å². The standard InChI is InChI=1S/C78H118N12O16S/c1-15-50(8)68(62(103-12)43-65(93)89-38-24-30-61(89)69(104-13)51(9)70(94)85-60(76(100)105-14)41-52-25-18-16-19-26-52)88(11)75(99)66(48(4)5)86-73(97)67(49(6)7)87(10)44-54-27-22-28-57(40-54)82-78(102)106-45-53-32-34-56(35-33-53)81-71(95)58(29-23-36-80-77(79)101)84-72(96)59(39-47(2)3)83-63(91)31-20-17-21-37-90-64(92)42-55(46-107)74(90)98/h16,18-19,22,25-28,32-35,40,42,47-51,58-62,66-69,92,98,107H,15,17,20-21,23-24,29-31,36-39,41,43-46H2,1-14H3,(H,81,95)(H,82,102)(H,83,91)(H,84,96)(H,85,94)(H,86,97)(H3,79,80,101). The van der Waals surface area contributed by atoms with Crippen molar-refractivity contribution in [2.75, 3.05) is 59.1 Å². The predicted octanol–water partition coefficient (Wildman–Crippen LogP) is 8.16. The molecule has 0 aliphatic carbocycles. The molecule has 0 bridgehead atoms. The second-order valence-electron chi connectivity index (χ2n) is 29.0. The molecule has 1 aliphatic rings. The number of ether oxygens (including phenoxy) is 4. The molecule has 10 amide bonds. The number of likely N-dealkylation sites (N-methyl/N-ethyl adjacent to an activating group) is 2. The monoisotopic (exact) mass is 1510 g/mol. The van der Waals surface area contributed by atoms with Gasteiger partial charge in [0.2, 0.25) is 41.4 Å². The van der Waals surface area contributed by atoms with Crippen molar-refractivity contribution in [3.63, 3.8) is 0 Å². The number of hydrogen-bond acceptors (Lipinski definition) is 18. The van der Waals surface area contributed by atoms with Gasteiger partial charge in [0.05, 0.1) is 49.8 Å². The minimum absolute atomic E-state index is 0.00665. The second-order valence-corrected chi connectivity index (χ2v) is 29.3. The average Bonchev–Trinajstić information content (AvgIpc) is 1.79. The summed E-state index contributed by atoms with van der Waals surface area (Å²) in [5.41, 5.74) is 8.78. The number of nitrogens with zero attached hydrogens (tertiary/aromatic N) is 4. The number of nitrogens with two attached hydrogens (primary N) is 1. The first-order valence-electron chi connectivity index (χ1n) is 37.2. The number of primary amides is 1. The summed E-state index contributed by atoms with van der Waals surface area (Å²) in [4.78, 5) is 142. The fourth-order valence-electron chi connectivity index (χ4n) is 13.8. The molecule has 1 aliphatic heterocycles. The molecule has 5 rings (SSSR count). The molecule has 1 fully saturated rings. The number of rotatable bonds is 44. The number of thiol groups is 1. The van der Waals surface area contributed by atoms with Gasteiger partial charge in [0.1, 0.15) is 30.8 Å². The van der Waals surface area contributed by atoms with Crippen molar-refractivity contribution in [3.05, 3.63) is 107 Å². The summed E-state index contributed by atoms with van der Waals surface area (Å²) in [6.07, 6.45) is 2.22. The maximum Gasteiger partial charge on any atom is 0.411 e. The van der Waals surface area contributed by atoms with Crippen LogP contribution in [-0.2, 0) is 89.2 Å². The molecular weight excluding hydrogens is 1390 g/mol. The summed E-state index contributed by atoms with van der Waals surface area (Å²) in [5.74, 6) is -4.79. The summed E-state index contributed by atoms with van der Waals surface area (Å²) in [5, 5.41) is 40.2. The largest absolute Gasteiger partial charge is 0.494 e. The number of hydrogen-bond donors (Lipinski definition) is 11. The van der Waals surface area contributed by atoms with Gasteiger partial charge in [-0.25, -0.2) is 14.4 Å². The Bertz CT molecular complexity index is 3540. The van der Waals surface area contributed by atoms with E-state index in [9.17, 15) is 58.2 Å². The van der Waals surface area contributed by atoms with Crippen LogP contribution >= 0.6 is 12.6 Å². The highest BCUT2D eigenvalue weighted by Gasteiger charge is 2.44. The van der Waals surface area contributed by atoms with E-state index < -0.39 is 96.2 Å². The topological polar surface area (TPSA) is 373 Å². The third-order valence-electron chi connectivity index (χ3n) is 19.7. The van der Waals surface area contributed by atoms with E-state index in [0.29, 0.717) is 74.1 Å². The van der Waals surface area contributed by atoms with Crippen LogP contribution in [0.3, 0.4) is 0 Å². The smallest absolute Gasteiger partial charge is 0.411 e. The van der Waals surface area contributed by atoms with Gasteiger partial charge in [-0.3, -0.25) is 48.3 Å². The van der Waals surface area contributed by atoms with Crippen molar-refractivity contribution < 1.29 is 77.1 Å². The summed E-state index contributed by atoms with van der Waals surface area (Å²) >= 11 is 4.17. The Morgan fingerprint density at radius 1 is 0.701 bits per heavy atom. The Kier molecular flexibility index (Phi) is 36.8. The van der Waals surface area contributed by atoms with E-state index >= 15 is 0 Å². The summed E-state index contributed by atoms with van der Waals surface area (Å²) < 4.78 is 24.2. The van der Waals surface area contributed by atoms with Crippen molar-refractivity contribution in [3.8, 4) is 11.8 Å². The van der Waals surface area contributed by atoms with E-state index in [4.69, 9.17) is 24.7 Å². The number of aromatic nitrogens is 1. The number of methoxy groups -OCH3 is 3. The number of anilines is 2. The zero-order valence-corrected chi connectivity index (χ0v) is 65.7. The van der Waals surface area contributed by atoms with Crippen LogP contribution in [-0.4, -0.2) is 192 Å². The zero-order chi connectivity index (χ0) is 79.2. The molecule has 28 nitrogen and oxygen atoms in total. The van der Waals surface area contributed by atoms with Gasteiger partial charge in [0, 0.05) is 89.0 Å². The molecule has 4 aromatic rings. The number of amides is 10. The van der Waals surface area contributed by atoms with E-state index in [2.05, 4.69) is 49.8 Å². The molecule has 2 heterocycles. The van der Waals surface area contributed by atoms with Gasteiger partial charge < -0.3 is 76.6 Å². The number of aromatic hydroxyl groups is 2. The van der Waals surface area contributed by atoms with E-state index in [1.807, 2.05) is 104 Å². The van der Waals surface area contributed by atoms with Crippen LogP contribution in [0.25, 0.3) is 0 Å². The average molecular weight is 1510 g/mol. The molecule has 11 N–H and O–H groups in total. The Labute approximate surface area is 636 Å². The first kappa shape index (κ1) is 88.7. The first-order valence-corrected chi connectivity index (χ1v) is 37.8. The quantitative estimate of drug-likeness (QED) is 0.0113.